The molecule has 1 saturated heterocycles. The maximum atomic E-state index is 9.32. The first-order valence-electron chi connectivity index (χ1n) is 8.55. The van der Waals surface area contributed by atoms with Crippen molar-refractivity contribution in [2.24, 2.45) is 11.8 Å². The van der Waals surface area contributed by atoms with Gasteiger partial charge < -0.3 is 14.6 Å². The molecule has 3 rings (SSSR count). The second-order valence-electron chi connectivity index (χ2n) is 7.17. The van der Waals surface area contributed by atoms with E-state index in [1.54, 1.807) is 0 Å². The summed E-state index contributed by atoms with van der Waals surface area (Å²) in [6.45, 7) is 8.32. The third-order valence-corrected chi connectivity index (χ3v) is 5.28. The van der Waals surface area contributed by atoms with Crippen LogP contribution in [0.25, 0.3) is 0 Å². The first-order valence-corrected chi connectivity index (χ1v) is 8.55. The minimum absolute atomic E-state index is 0.306. The second kappa shape index (κ2) is 6.49. The highest BCUT2D eigenvalue weighted by Crippen LogP contribution is 2.25. The van der Waals surface area contributed by atoms with Gasteiger partial charge in [-0.15, -0.1) is 0 Å². The normalized spacial score (nSPS) is 24.5. The fourth-order valence-electron chi connectivity index (χ4n) is 3.79. The molecule has 0 aromatic carbocycles. The van der Waals surface area contributed by atoms with Crippen molar-refractivity contribution >= 4 is 0 Å². The van der Waals surface area contributed by atoms with Crippen LogP contribution < -0.4 is 0 Å². The molecule has 0 aliphatic carbocycles. The van der Waals surface area contributed by atoms with Crippen LogP contribution in [0.15, 0.2) is 6.20 Å². The van der Waals surface area contributed by atoms with E-state index < -0.39 is 0 Å². The zero-order valence-corrected chi connectivity index (χ0v) is 13.5. The van der Waals surface area contributed by atoms with Gasteiger partial charge in [-0.3, -0.25) is 0 Å². The predicted octanol–water partition coefficient (Wildman–Crippen LogP) is 2.10. The fraction of sp³-hybridized carbons (Fsp3) is 0.824. The van der Waals surface area contributed by atoms with Gasteiger partial charge in [0.25, 0.3) is 0 Å². The molecule has 1 aromatic heterocycles. The number of rotatable bonds is 4. The molecule has 4 nitrogen and oxygen atoms in total. The highest BCUT2D eigenvalue weighted by Gasteiger charge is 2.24. The minimum atomic E-state index is 0.306. The smallest absolute Gasteiger partial charge is 0.108 e. The molecule has 0 amide bonds. The van der Waals surface area contributed by atoms with Crippen LogP contribution in [0, 0.1) is 11.8 Å². The molecule has 1 N–H and O–H groups in total. The van der Waals surface area contributed by atoms with Crippen molar-refractivity contribution in [2.45, 2.75) is 58.5 Å². The highest BCUT2D eigenvalue weighted by molar-refractivity contribution is 5.08. The summed E-state index contributed by atoms with van der Waals surface area (Å²) >= 11 is 0. The van der Waals surface area contributed by atoms with Crippen LogP contribution >= 0.6 is 0 Å². The third-order valence-electron chi connectivity index (χ3n) is 5.28. The molecule has 2 aliphatic rings. The van der Waals surface area contributed by atoms with Crippen molar-refractivity contribution in [2.75, 3.05) is 19.7 Å². The van der Waals surface area contributed by atoms with Gasteiger partial charge in [-0.05, 0) is 58.5 Å². The molecular weight excluding hydrogens is 262 g/mol. The van der Waals surface area contributed by atoms with Gasteiger partial charge in [-0.1, -0.05) is 0 Å². The summed E-state index contributed by atoms with van der Waals surface area (Å²) in [5, 5.41) is 9.32. The number of aliphatic hydroxyl groups excluding tert-OH is 1. The van der Waals surface area contributed by atoms with Gasteiger partial charge in [0, 0.05) is 37.7 Å². The Morgan fingerprint density at radius 2 is 2.00 bits per heavy atom. The number of hydrogen-bond donors (Lipinski definition) is 1. The van der Waals surface area contributed by atoms with Crippen LogP contribution in [0.3, 0.4) is 0 Å². The van der Waals surface area contributed by atoms with Crippen LogP contribution in [0.5, 0.6) is 0 Å². The van der Waals surface area contributed by atoms with Crippen LogP contribution in [-0.4, -0.2) is 45.3 Å². The predicted molar refractivity (Wildman–Crippen MR) is 84.3 cm³/mol. The molecule has 1 fully saturated rings. The van der Waals surface area contributed by atoms with Crippen LogP contribution in [-0.2, 0) is 19.4 Å². The SMILES string of the molecule is CC(C)N1CCC(Cc2cn3c(n2)CCC(CO)C3)CC1. The Bertz CT molecular complexity index is 461. The van der Waals surface area contributed by atoms with Gasteiger partial charge in [0.1, 0.15) is 5.82 Å². The van der Waals surface area contributed by atoms with Crippen LogP contribution in [0.1, 0.15) is 44.6 Å². The summed E-state index contributed by atoms with van der Waals surface area (Å²) < 4.78 is 2.28. The van der Waals surface area contributed by atoms with Crippen molar-refractivity contribution in [3.05, 3.63) is 17.7 Å². The first kappa shape index (κ1) is 15.0. The molecule has 4 heteroatoms. The molecule has 0 spiro atoms. The van der Waals surface area contributed by atoms with E-state index in [2.05, 4.69) is 29.5 Å². The topological polar surface area (TPSA) is 41.3 Å². The Balaban J connectivity index is 1.56. The van der Waals surface area contributed by atoms with Gasteiger partial charge in [0.05, 0.1) is 5.69 Å². The summed E-state index contributed by atoms with van der Waals surface area (Å²) in [7, 11) is 0. The fourth-order valence-corrected chi connectivity index (χ4v) is 3.79. The average molecular weight is 291 g/mol. The van der Waals surface area contributed by atoms with E-state index in [9.17, 15) is 5.11 Å². The summed E-state index contributed by atoms with van der Waals surface area (Å²) in [5.74, 6) is 2.45. The van der Waals surface area contributed by atoms with Crippen molar-refractivity contribution in [1.29, 1.82) is 0 Å². The Morgan fingerprint density at radius 1 is 1.24 bits per heavy atom. The largest absolute Gasteiger partial charge is 0.396 e. The Morgan fingerprint density at radius 3 is 2.67 bits per heavy atom. The molecule has 118 valence electrons. The molecule has 0 bridgehead atoms. The first-order chi connectivity index (χ1) is 10.2. The van der Waals surface area contributed by atoms with Crippen molar-refractivity contribution in [3.63, 3.8) is 0 Å². The van der Waals surface area contributed by atoms with E-state index in [1.165, 1.54) is 37.4 Å². The Kier molecular flexibility index (Phi) is 4.65. The van der Waals surface area contributed by atoms with Crippen molar-refractivity contribution in [1.82, 2.24) is 14.5 Å². The van der Waals surface area contributed by atoms with E-state index in [0.29, 0.717) is 18.6 Å². The number of aryl methyl sites for hydroxylation is 1. The quantitative estimate of drug-likeness (QED) is 0.923. The lowest BCUT2D eigenvalue weighted by molar-refractivity contribution is 0.149. The maximum absolute atomic E-state index is 9.32. The Hall–Kier alpha value is -0.870. The highest BCUT2D eigenvalue weighted by atomic mass is 16.3. The van der Waals surface area contributed by atoms with Crippen LogP contribution in [0.4, 0.5) is 0 Å². The van der Waals surface area contributed by atoms with Gasteiger partial charge in [0.2, 0.25) is 0 Å². The van der Waals surface area contributed by atoms with Crippen molar-refractivity contribution in [3.8, 4) is 0 Å². The molecular formula is C17H29N3O. The standard InChI is InChI=1S/C17H29N3O/c1-13(2)19-7-5-14(6-8-19)9-16-11-20-10-15(12-21)3-4-17(20)18-16/h11,13-15,21H,3-10,12H2,1-2H3. The van der Waals surface area contributed by atoms with Crippen molar-refractivity contribution < 1.29 is 5.11 Å². The molecule has 1 unspecified atom stereocenters. The molecule has 3 heterocycles. The summed E-state index contributed by atoms with van der Waals surface area (Å²) in [6.07, 6.45) is 8.09. The third kappa shape index (κ3) is 3.49. The summed E-state index contributed by atoms with van der Waals surface area (Å²) in [5.41, 5.74) is 1.27. The molecule has 1 aromatic rings. The van der Waals surface area contributed by atoms with Gasteiger partial charge in [0.15, 0.2) is 0 Å². The second-order valence-corrected chi connectivity index (χ2v) is 7.17. The van der Waals surface area contributed by atoms with E-state index >= 15 is 0 Å². The number of piperidine rings is 1. The van der Waals surface area contributed by atoms with Crippen LogP contribution in [0.2, 0.25) is 0 Å². The molecule has 0 saturated carbocycles. The lowest BCUT2D eigenvalue weighted by Gasteiger charge is -2.34. The molecule has 0 radical (unpaired) electrons. The summed E-state index contributed by atoms with van der Waals surface area (Å²) in [4.78, 5) is 7.42. The summed E-state index contributed by atoms with van der Waals surface area (Å²) in [6, 6.07) is 0.682. The zero-order valence-electron chi connectivity index (χ0n) is 13.5. The number of fused-ring (bicyclic) bond motifs is 1. The number of imidazole rings is 1. The van der Waals surface area contributed by atoms with E-state index in [4.69, 9.17) is 4.98 Å². The van der Waals surface area contributed by atoms with E-state index in [0.717, 1.165) is 31.7 Å². The van der Waals surface area contributed by atoms with Gasteiger partial charge in [-0.25, -0.2) is 4.98 Å². The zero-order chi connectivity index (χ0) is 14.8. The number of aliphatic hydroxyl groups is 1. The van der Waals surface area contributed by atoms with Gasteiger partial charge >= 0.3 is 0 Å². The number of aromatic nitrogens is 2. The monoisotopic (exact) mass is 291 g/mol. The molecule has 1 atom stereocenters. The average Bonchev–Trinajstić information content (AvgIpc) is 2.88. The minimum Gasteiger partial charge on any atom is -0.396 e. The van der Waals surface area contributed by atoms with E-state index in [-0.39, 0.29) is 0 Å². The van der Waals surface area contributed by atoms with E-state index in [1.807, 2.05) is 0 Å². The lowest BCUT2D eigenvalue weighted by atomic mass is 9.92. The maximum Gasteiger partial charge on any atom is 0.108 e. The number of hydrogen-bond acceptors (Lipinski definition) is 3. The number of likely N-dealkylation sites (tertiary alicyclic amines) is 1. The Labute approximate surface area is 128 Å². The van der Waals surface area contributed by atoms with Gasteiger partial charge in [-0.2, -0.15) is 0 Å². The molecule has 21 heavy (non-hydrogen) atoms. The molecule has 2 aliphatic heterocycles. The lowest BCUT2D eigenvalue weighted by Crippen LogP contribution is -2.38. The number of nitrogens with zero attached hydrogens (tertiary/aromatic N) is 3.